The summed E-state index contributed by atoms with van der Waals surface area (Å²) in [6.45, 7) is -0.578. The fourth-order valence-corrected chi connectivity index (χ4v) is 4.22. The highest BCUT2D eigenvalue weighted by Gasteiger charge is 2.44. The Hall–Kier alpha value is -0.120. The van der Waals surface area contributed by atoms with Crippen LogP contribution in [-0.4, -0.2) is 86.9 Å². The van der Waals surface area contributed by atoms with Crippen molar-refractivity contribution in [2.75, 3.05) is 18.6 Å². The molecule has 13 heteroatoms. The van der Waals surface area contributed by atoms with Gasteiger partial charge in [-0.25, -0.2) is 4.28 Å². The van der Waals surface area contributed by atoms with Crippen molar-refractivity contribution < 1.29 is 42.4 Å². The topological polar surface area (TPSA) is 166 Å². The van der Waals surface area contributed by atoms with Crippen molar-refractivity contribution in [1.29, 1.82) is 0 Å². The predicted molar refractivity (Wildman–Crippen MR) is 103 cm³/mol. The summed E-state index contributed by atoms with van der Waals surface area (Å²) in [5, 5.41) is 42.4. The molecule has 0 aliphatic carbocycles. The molecule has 0 saturated carbocycles. The zero-order valence-corrected chi connectivity index (χ0v) is 17.3. The van der Waals surface area contributed by atoms with E-state index >= 15 is 0 Å². The maximum atomic E-state index is 10.8. The zero-order chi connectivity index (χ0) is 20.4. The summed E-state index contributed by atoms with van der Waals surface area (Å²) in [5.41, 5.74) is -1.11. The Morgan fingerprint density at radius 3 is 2.37 bits per heavy atom. The average molecular weight is 450 g/mol. The zero-order valence-electron chi connectivity index (χ0n) is 14.9. The van der Waals surface area contributed by atoms with Crippen molar-refractivity contribution in [1.82, 2.24) is 0 Å². The molecule has 0 bridgehead atoms. The number of hydrogen-bond donors (Lipinski definition) is 5. The van der Waals surface area contributed by atoms with Gasteiger partial charge in [-0.1, -0.05) is 29.8 Å². The van der Waals surface area contributed by atoms with E-state index in [-0.39, 0.29) is 5.04 Å². The van der Waals surface area contributed by atoms with E-state index in [9.17, 15) is 28.8 Å². The van der Waals surface area contributed by atoms with E-state index in [1.165, 1.54) is 0 Å². The van der Waals surface area contributed by atoms with Crippen molar-refractivity contribution in [3.05, 3.63) is 0 Å². The molecule has 0 spiro atoms. The van der Waals surface area contributed by atoms with Gasteiger partial charge in [-0.2, -0.15) is 20.2 Å². The predicted octanol–water partition coefficient (Wildman–Crippen LogP) is -0.0341. The minimum absolute atomic E-state index is 0.127. The largest absolute Gasteiger partial charge is 0.466 e. The number of oxime groups is 1. The number of rotatable bonds is 11. The second-order valence-corrected chi connectivity index (χ2v) is 9.12. The monoisotopic (exact) mass is 449 g/mol. The molecule has 0 aromatic rings. The van der Waals surface area contributed by atoms with Gasteiger partial charge in [-0.15, -0.1) is 0 Å². The fourth-order valence-electron chi connectivity index (χ4n) is 2.39. The number of aliphatic hydroxyl groups excluding tert-OH is 4. The molecule has 1 aliphatic heterocycles. The molecule has 5 N–H and O–H groups in total. The minimum Gasteiger partial charge on any atom is -0.394 e. The highest BCUT2D eigenvalue weighted by Crippen LogP contribution is 2.30. The van der Waals surface area contributed by atoms with Gasteiger partial charge in [0, 0.05) is 0 Å². The molecule has 0 aromatic heterocycles. The fraction of sp³-hybridized carbons (Fsp3) is 0.929. The van der Waals surface area contributed by atoms with Crippen LogP contribution in [0.15, 0.2) is 5.16 Å². The molecular weight excluding hydrogens is 422 g/mol. The maximum Gasteiger partial charge on any atom is 0.466 e. The van der Waals surface area contributed by atoms with E-state index in [0.717, 1.165) is 36.8 Å². The molecule has 1 fully saturated rings. The molecule has 0 amide bonds. The second kappa shape index (κ2) is 12.4. The van der Waals surface area contributed by atoms with Gasteiger partial charge >= 0.3 is 10.4 Å². The van der Waals surface area contributed by atoms with Crippen LogP contribution < -0.4 is 0 Å². The van der Waals surface area contributed by atoms with Crippen molar-refractivity contribution in [2.45, 2.75) is 62.0 Å². The summed E-state index contributed by atoms with van der Waals surface area (Å²) in [6, 6.07) is 0. The second-order valence-electron chi connectivity index (χ2n) is 5.96. The third-order valence-corrected chi connectivity index (χ3v) is 5.96. The number of unbranched alkanes of at least 4 members (excludes halogenated alkanes) is 3. The Morgan fingerprint density at radius 2 is 1.78 bits per heavy atom. The highest BCUT2D eigenvalue weighted by atomic mass is 32.3. The Bertz CT molecular complexity index is 558. The smallest absolute Gasteiger partial charge is 0.394 e. The van der Waals surface area contributed by atoms with Crippen molar-refractivity contribution >= 4 is 39.0 Å². The first kappa shape index (κ1) is 24.9. The molecule has 0 aromatic carbocycles. The Labute approximate surface area is 167 Å². The van der Waals surface area contributed by atoms with Gasteiger partial charge in [0.05, 0.1) is 6.61 Å². The van der Waals surface area contributed by atoms with Gasteiger partial charge in [0.2, 0.25) is 0 Å². The minimum atomic E-state index is -4.79. The summed E-state index contributed by atoms with van der Waals surface area (Å²) in [5.74, 6) is 1.05. The van der Waals surface area contributed by atoms with Crippen LogP contribution in [0.3, 0.4) is 0 Å². The quantitative estimate of drug-likeness (QED) is 0.0944. The number of hydrogen-bond acceptors (Lipinski definition) is 11. The van der Waals surface area contributed by atoms with Crippen molar-refractivity contribution in [2.24, 2.45) is 5.16 Å². The summed E-state index contributed by atoms with van der Waals surface area (Å²) >= 11 is 2.55. The van der Waals surface area contributed by atoms with Crippen LogP contribution in [0.5, 0.6) is 0 Å². The highest BCUT2D eigenvalue weighted by molar-refractivity contribution is 8.14. The van der Waals surface area contributed by atoms with Gasteiger partial charge in [0.1, 0.15) is 34.9 Å². The Morgan fingerprint density at radius 1 is 1.11 bits per heavy atom. The van der Waals surface area contributed by atoms with Gasteiger partial charge < -0.3 is 25.2 Å². The summed E-state index contributed by atoms with van der Waals surface area (Å²) in [7, 11) is -4.79. The van der Waals surface area contributed by atoms with Gasteiger partial charge in [0.15, 0.2) is 0 Å². The first-order valence-corrected chi connectivity index (χ1v) is 12.0. The van der Waals surface area contributed by atoms with Gasteiger partial charge in [0.25, 0.3) is 0 Å². The molecule has 1 heterocycles. The average Bonchev–Trinajstić information content (AvgIpc) is 2.61. The maximum absolute atomic E-state index is 10.8. The van der Waals surface area contributed by atoms with Crippen LogP contribution in [-0.2, 0) is 19.4 Å². The number of ether oxygens (including phenoxy) is 1. The SMILES string of the molecule is CSCCCCCC/C(=N\OS(=O)(=O)O)S[C@@H]1O[C@H](CO)[C@@H](O)[C@@H](O)[C@H]1O. The van der Waals surface area contributed by atoms with Crippen LogP contribution in [0.25, 0.3) is 0 Å². The van der Waals surface area contributed by atoms with Crippen LogP contribution in [0, 0.1) is 0 Å². The van der Waals surface area contributed by atoms with Crippen LogP contribution in [0.2, 0.25) is 0 Å². The first-order valence-electron chi connectivity index (χ1n) is 8.38. The molecule has 1 aliphatic rings. The third kappa shape index (κ3) is 9.28. The molecule has 160 valence electrons. The molecule has 1 rings (SSSR count). The molecular formula is C14H27NO9S3. The lowest BCUT2D eigenvalue weighted by molar-refractivity contribution is -0.205. The van der Waals surface area contributed by atoms with Crippen LogP contribution in [0.4, 0.5) is 0 Å². The molecule has 0 unspecified atom stereocenters. The van der Waals surface area contributed by atoms with E-state index in [4.69, 9.17) is 9.29 Å². The van der Waals surface area contributed by atoms with E-state index in [0.29, 0.717) is 12.8 Å². The lowest BCUT2D eigenvalue weighted by Gasteiger charge is -2.39. The van der Waals surface area contributed by atoms with Gasteiger partial charge in [-0.05, 0) is 31.3 Å². The van der Waals surface area contributed by atoms with E-state index < -0.39 is 46.9 Å². The first-order chi connectivity index (χ1) is 12.7. The molecule has 10 nitrogen and oxygen atoms in total. The Kier molecular flexibility index (Phi) is 11.5. The Balaban J connectivity index is 2.71. The van der Waals surface area contributed by atoms with Gasteiger partial charge in [-0.3, -0.25) is 4.55 Å². The standard InChI is InChI=1S/C14H27NO9S3/c1-25-7-5-3-2-4-6-10(15-24-27(20,21)22)26-14-13(19)12(18)11(17)9(8-16)23-14/h9,11-14,16-19H,2-8H2,1H3,(H,20,21,22)/b15-10+/t9-,11-,12-,13-,14+/m1/s1. The van der Waals surface area contributed by atoms with E-state index in [1.54, 1.807) is 11.8 Å². The molecule has 1 saturated heterocycles. The lowest BCUT2D eigenvalue weighted by Crippen LogP contribution is -2.57. The van der Waals surface area contributed by atoms with Crippen LogP contribution in [0.1, 0.15) is 32.1 Å². The van der Waals surface area contributed by atoms with Crippen molar-refractivity contribution in [3.63, 3.8) is 0 Å². The number of nitrogens with zero attached hydrogens (tertiary/aromatic N) is 1. The van der Waals surface area contributed by atoms with E-state index in [2.05, 4.69) is 9.44 Å². The summed E-state index contributed by atoms with van der Waals surface area (Å²) in [4.78, 5) is 0. The summed E-state index contributed by atoms with van der Waals surface area (Å²) in [6.07, 6.45) is 0.251. The third-order valence-electron chi connectivity index (χ3n) is 3.82. The molecule has 5 atom stereocenters. The normalized spacial score (nSPS) is 29.7. The van der Waals surface area contributed by atoms with Crippen molar-refractivity contribution in [3.8, 4) is 0 Å². The molecule has 27 heavy (non-hydrogen) atoms. The number of thioether (sulfide) groups is 2. The van der Waals surface area contributed by atoms with Crippen LogP contribution >= 0.6 is 23.5 Å². The summed E-state index contributed by atoms with van der Waals surface area (Å²) < 4.78 is 39.6. The van der Waals surface area contributed by atoms with E-state index in [1.807, 2.05) is 6.26 Å². The molecule has 0 radical (unpaired) electrons. The number of aliphatic hydroxyl groups is 4. The lowest BCUT2D eigenvalue weighted by atomic mass is 10.0.